The van der Waals surface area contributed by atoms with Crippen LogP contribution in [0.1, 0.15) is 48.4 Å². The summed E-state index contributed by atoms with van der Waals surface area (Å²) in [7, 11) is -3.63. The van der Waals surface area contributed by atoms with Crippen LogP contribution in [0.25, 0.3) is 0 Å². The van der Waals surface area contributed by atoms with Crippen LogP contribution in [-0.4, -0.2) is 49.3 Å². The van der Waals surface area contributed by atoms with Crippen LogP contribution in [0.15, 0.2) is 15.4 Å². The van der Waals surface area contributed by atoms with Gasteiger partial charge in [0.2, 0.25) is 10.0 Å². The molecule has 1 aliphatic heterocycles. The standard InChI is InChI=1S/C15H22N2O6S/c1-11-13(24(21,22)17-8-4-5-9-17)10-12(23-11)15(20)16-7-3-2-6-14(18)19/h10H,2-9H2,1H3,(H,16,20)(H,18,19). The largest absolute Gasteiger partial charge is 0.481 e. The number of nitrogens with one attached hydrogen (secondary N) is 1. The van der Waals surface area contributed by atoms with Gasteiger partial charge in [0.1, 0.15) is 10.7 Å². The predicted octanol–water partition coefficient (Wildman–Crippen LogP) is 1.36. The molecule has 0 unspecified atom stereocenters. The number of carboxylic acid groups (broad SMARTS) is 1. The topological polar surface area (TPSA) is 117 Å². The van der Waals surface area contributed by atoms with E-state index in [0.29, 0.717) is 32.5 Å². The van der Waals surface area contributed by atoms with Crippen molar-refractivity contribution in [2.75, 3.05) is 19.6 Å². The summed E-state index contributed by atoms with van der Waals surface area (Å²) in [6.07, 6.45) is 2.70. The number of carbonyl (C=O) groups excluding carboxylic acids is 1. The Labute approximate surface area is 140 Å². The van der Waals surface area contributed by atoms with Gasteiger partial charge in [-0.05, 0) is 32.6 Å². The summed E-state index contributed by atoms with van der Waals surface area (Å²) in [5.41, 5.74) is 0. The number of amides is 1. The van der Waals surface area contributed by atoms with Gasteiger partial charge < -0.3 is 14.8 Å². The van der Waals surface area contributed by atoms with Gasteiger partial charge in [-0.3, -0.25) is 9.59 Å². The van der Waals surface area contributed by atoms with Crippen LogP contribution < -0.4 is 5.32 Å². The molecular weight excluding hydrogens is 336 g/mol. The SMILES string of the molecule is Cc1oc(C(=O)NCCCCC(=O)O)cc1S(=O)(=O)N1CCCC1. The average molecular weight is 358 g/mol. The molecule has 1 aromatic rings. The molecule has 1 aromatic heterocycles. The van der Waals surface area contributed by atoms with E-state index in [1.54, 1.807) is 0 Å². The number of carboxylic acids is 1. The van der Waals surface area contributed by atoms with Crippen molar-refractivity contribution in [1.82, 2.24) is 9.62 Å². The van der Waals surface area contributed by atoms with E-state index in [1.165, 1.54) is 17.3 Å². The molecule has 0 radical (unpaired) electrons. The molecular formula is C15H22N2O6S. The van der Waals surface area contributed by atoms with Gasteiger partial charge in [-0.2, -0.15) is 4.31 Å². The zero-order valence-corrected chi connectivity index (χ0v) is 14.4. The van der Waals surface area contributed by atoms with Crippen LogP contribution in [0.5, 0.6) is 0 Å². The maximum atomic E-state index is 12.5. The quantitative estimate of drug-likeness (QED) is 0.678. The fourth-order valence-electron chi connectivity index (χ4n) is 2.59. The van der Waals surface area contributed by atoms with Crippen LogP contribution in [0.3, 0.4) is 0 Å². The molecule has 134 valence electrons. The van der Waals surface area contributed by atoms with Crippen LogP contribution in [0, 0.1) is 6.92 Å². The van der Waals surface area contributed by atoms with Gasteiger partial charge in [0.25, 0.3) is 5.91 Å². The first kappa shape index (κ1) is 18.5. The monoisotopic (exact) mass is 358 g/mol. The van der Waals surface area contributed by atoms with Crippen molar-refractivity contribution < 1.29 is 27.5 Å². The highest BCUT2D eigenvalue weighted by atomic mass is 32.2. The maximum Gasteiger partial charge on any atom is 0.303 e. The second-order valence-corrected chi connectivity index (χ2v) is 7.66. The summed E-state index contributed by atoms with van der Waals surface area (Å²) in [5.74, 6) is -1.24. The molecule has 2 heterocycles. The van der Waals surface area contributed by atoms with Gasteiger partial charge in [0, 0.05) is 32.1 Å². The Bertz CT molecular complexity index is 704. The van der Waals surface area contributed by atoms with E-state index in [1.807, 2.05) is 0 Å². The van der Waals surface area contributed by atoms with E-state index in [4.69, 9.17) is 9.52 Å². The molecule has 0 aliphatic carbocycles. The predicted molar refractivity (Wildman–Crippen MR) is 85.3 cm³/mol. The van der Waals surface area contributed by atoms with Crippen LogP contribution in [0.4, 0.5) is 0 Å². The molecule has 9 heteroatoms. The highest BCUT2D eigenvalue weighted by molar-refractivity contribution is 7.89. The molecule has 0 bridgehead atoms. The second kappa shape index (κ2) is 7.80. The number of nitrogens with zero attached hydrogens (tertiary/aromatic N) is 1. The minimum atomic E-state index is -3.63. The lowest BCUT2D eigenvalue weighted by Gasteiger charge is -2.14. The van der Waals surface area contributed by atoms with E-state index < -0.39 is 21.9 Å². The third-order valence-corrected chi connectivity index (χ3v) is 5.89. The first-order valence-electron chi connectivity index (χ1n) is 7.93. The van der Waals surface area contributed by atoms with Crippen LogP contribution >= 0.6 is 0 Å². The summed E-state index contributed by atoms with van der Waals surface area (Å²) in [4.78, 5) is 22.5. The Kier molecular flexibility index (Phi) is 6.00. The number of carbonyl (C=O) groups is 2. The van der Waals surface area contributed by atoms with Gasteiger partial charge in [0.15, 0.2) is 5.76 Å². The molecule has 24 heavy (non-hydrogen) atoms. The van der Waals surface area contributed by atoms with E-state index in [-0.39, 0.29) is 22.8 Å². The lowest BCUT2D eigenvalue weighted by Crippen LogP contribution is -2.28. The summed E-state index contributed by atoms with van der Waals surface area (Å²) >= 11 is 0. The number of rotatable bonds is 8. The van der Waals surface area contributed by atoms with Crippen molar-refractivity contribution in [1.29, 1.82) is 0 Å². The lowest BCUT2D eigenvalue weighted by molar-refractivity contribution is -0.137. The van der Waals surface area contributed by atoms with Gasteiger partial charge in [-0.1, -0.05) is 0 Å². The molecule has 0 aromatic carbocycles. The molecule has 8 nitrogen and oxygen atoms in total. The van der Waals surface area contributed by atoms with E-state index in [2.05, 4.69) is 5.32 Å². The van der Waals surface area contributed by atoms with Crippen molar-refractivity contribution in [2.24, 2.45) is 0 Å². The fourth-order valence-corrected chi connectivity index (χ4v) is 4.27. The van der Waals surface area contributed by atoms with Gasteiger partial charge >= 0.3 is 5.97 Å². The van der Waals surface area contributed by atoms with Crippen molar-refractivity contribution >= 4 is 21.9 Å². The molecule has 2 N–H and O–H groups in total. The Balaban J connectivity index is 1.97. The summed E-state index contributed by atoms with van der Waals surface area (Å²) in [5, 5.41) is 11.1. The molecule has 1 saturated heterocycles. The summed E-state index contributed by atoms with van der Waals surface area (Å²) in [6, 6.07) is 1.26. The number of furan rings is 1. The normalized spacial score (nSPS) is 15.5. The third-order valence-electron chi connectivity index (χ3n) is 3.88. The number of hydrogen-bond acceptors (Lipinski definition) is 5. The Hall–Kier alpha value is -1.87. The molecule has 2 rings (SSSR count). The lowest BCUT2D eigenvalue weighted by atomic mass is 10.2. The van der Waals surface area contributed by atoms with Gasteiger partial charge in [0.05, 0.1) is 0 Å². The third kappa shape index (κ3) is 4.35. The first-order chi connectivity index (χ1) is 11.3. The highest BCUT2D eigenvalue weighted by Gasteiger charge is 2.31. The number of hydrogen-bond donors (Lipinski definition) is 2. The molecule has 1 amide bonds. The molecule has 1 aliphatic rings. The van der Waals surface area contributed by atoms with Crippen molar-refractivity contribution in [3.05, 3.63) is 17.6 Å². The van der Waals surface area contributed by atoms with Gasteiger partial charge in [-0.25, -0.2) is 8.42 Å². The molecule has 0 atom stereocenters. The van der Waals surface area contributed by atoms with Crippen LogP contribution in [0.2, 0.25) is 0 Å². The zero-order chi connectivity index (χ0) is 17.7. The van der Waals surface area contributed by atoms with Crippen molar-refractivity contribution in [2.45, 2.75) is 43.9 Å². The Morgan fingerprint density at radius 2 is 1.96 bits per heavy atom. The van der Waals surface area contributed by atoms with E-state index in [9.17, 15) is 18.0 Å². The number of aliphatic carboxylic acids is 1. The van der Waals surface area contributed by atoms with Gasteiger partial charge in [-0.15, -0.1) is 0 Å². The Morgan fingerprint density at radius 1 is 1.29 bits per heavy atom. The minimum Gasteiger partial charge on any atom is -0.481 e. The summed E-state index contributed by atoms with van der Waals surface area (Å²) < 4.78 is 31.8. The van der Waals surface area contributed by atoms with Crippen molar-refractivity contribution in [3.63, 3.8) is 0 Å². The number of aryl methyl sites for hydroxylation is 1. The van der Waals surface area contributed by atoms with E-state index in [0.717, 1.165) is 12.8 Å². The molecule has 0 spiro atoms. The van der Waals surface area contributed by atoms with Crippen LogP contribution in [-0.2, 0) is 14.8 Å². The Morgan fingerprint density at radius 3 is 2.58 bits per heavy atom. The average Bonchev–Trinajstić information content (AvgIpc) is 3.16. The second-order valence-electron chi connectivity index (χ2n) is 5.75. The molecule has 1 fully saturated rings. The zero-order valence-electron chi connectivity index (χ0n) is 13.6. The minimum absolute atomic E-state index is 0.0282. The maximum absolute atomic E-state index is 12.5. The van der Waals surface area contributed by atoms with E-state index >= 15 is 0 Å². The fraction of sp³-hybridized carbons (Fsp3) is 0.600. The first-order valence-corrected chi connectivity index (χ1v) is 9.37. The van der Waals surface area contributed by atoms with Crippen molar-refractivity contribution in [3.8, 4) is 0 Å². The molecule has 0 saturated carbocycles. The number of unbranched alkanes of at least 4 members (excludes halogenated alkanes) is 1. The number of sulfonamides is 1. The smallest absolute Gasteiger partial charge is 0.303 e. The highest BCUT2D eigenvalue weighted by Crippen LogP contribution is 2.26. The summed E-state index contributed by atoms with van der Waals surface area (Å²) in [6.45, 7) is 2.79.